The zero-order chi connectivity index (χ0) is 7.72. The molecule has 1 aliphatic rings. The lowest BCUT2D eigenvalue weighted by molar-refractivity contribution is 0.591. The predicted molar refractivity (Wildman–Crippen MR) is 41.5 cm³/mol. The van der Waals surface area contributed by atoms with Gasteiger partial charge in [0.25, 0.3) is 0 Å². The van der Waals surface area contributed by atoms with Crippen LogP contribution in [0.1, 0.15) is 20.3 Å². The smallest absolute Gasteiger partial charge is 0.140 e. The van der Waals surface area contributed by atoms with Gasteiger partial charge in [-0.3, -0.25) is 0 Å². The third-order valence-corrected chi connectivity index (χ3v) is 2.30. The molecule has 0 fully saturated rings. The predicted octanol–water partition coefficient (Wildman–Crippen LogP) is 3.39. The Morgan fingerprint density at radius 1 is 1.70 bits per heavy atom. The van der Waals surface area contributed by atoms with Gasteiger partial charge in [0.2, 0.25) is 0 Å². The molecule has 0 aromatic heterocycles. The molecule has 2 heteroatoms. The molecule has 0 aromatic carbocycles. The van der Waals surface area contributed by atoms with Gasteiger partial charge in [0.1, 0.15) is 5.83 Å². The second-order valence-corrected chi connectivity index (χ2v) is 3.09. The Morgan fingerprint density at radius 2 is 2.30 bits per heavy atom. The van der Waals surface area contributed by atoms with Crippen molar-refractivity contribution in [2.75, 3.05) is 0 Å². The minimum atomic E-state index is -0.236. The summed E-state index contributed by atoms with van der Waals surface area (Å²) >= 11 is 5.68. The van der Waals surface area contributed by atoms with Crippen LogP contribution in [0, 0.1) is 5.92 Å². The van der Waals surface area contributed by atoms with Gasteiger partial charge in [0.15, 0.2) is 0 Å². The molecule has 1 unspecified atom stereocenters. The van der Waals surface area contributed by atoms with E-state index in [4.69, 9.17) is 11.6 Å². The van der Waals surface area contributed by atoms with Crippen LogP contribution >= 0.6 is 11.6 Å². The van der Waals surface area contributed by atoms with E-state index in [1.165, 1.54) is 0 Å². The molecule has 0 amide bonds. The van der Waals surface area contributed by atoms with E-state index in [2.05, 4.69) is 0 Å². The van der Waals surface area contributed by atoms with Crippen molar-refractivity contribution in [1.29, 1.82) is 0 Å². The second kappa shape index (κ2) is 2.75. The highest BCUT2D eigenvalue weighted by Gasteiger charge is 2.16. The Kier molecular flexibility index (Phi) is 2.14. The highest BCUT2D eigenvalue weighted by Crippen LogP contribution is 2.32. The maximum Gasteiger partial charge on any atom is 0.140 e. The molecule has 0 aliphatic heterocycles. The minimum Gasteiger partial charge on any atom is -0.205 e. The van der Waals surface area contributed by atoms with Crippen LogP contribution in [0.2, 0.25) is 0 Å². The summed E-state index contributed by atoms with van der Waals surface area (Å²) in [6, 6.07) is 0. The molecular formula is C8H10ClF. The normalized spacial score (nSPS) is 26.8. The van der Waals surface area contributed by atoms with Crippen LogP contribution in [0.3, 0.4) is 0 Å². The lowest BCUT2D eigenvalue weighted by Crippen LogP contribution is -2.01. The standard InChI is InChI=1S/C8H10ClF/c1-5-3-4-6(2)8(10)7(5)9/h4-5H,3H2,1-2H3. The monoisotopic (exact) mass is 160 g/mol. The molecule has 56 valence electrons. The van der Waals surface area contributed by atoms with Crippen LogP contribution in [0.15, 0.2) is 22.5 Å². The SMILES string of the molecule is CC1=CCC(C)C(Cl)=C1F. The number of halogens is 2. The van der Waals surface area contributed by atoms with Crippen LogP contribution in [0.25, 0.3) is 0 Å². The van der Waals surface area contributed by atoms with Crippen LogP contribution in [-0.4, -0.2) is 0 Å². The van der Waals surface area contributed by atoms with Crippen molar-refractivity contribution >= 4 is 11.6 Å². The summed E-state index contributed by atoms with van der Waals surface area (Å²) in [5.41, 5.74) is 0.670. The number of hydrogen-bond acceptors (Lipinski definition) is 0. The van der Waals surface area contributed by atoms with E-state index in [1.54, 1.807) is 6.92 Å². The van der Waals surface area contributed by atoms with E-state index in [1.807, 2.05) is 13.0 Å². The van der Waals surface area contributed by atoms with Crippen LogP contribution in [0.5, 0.6) is 0 Å². The van der Waals surface area contributed by atoms with Crippen molar-refractivity contribution < 1.29 is 4.39 Å². The summed E-state index contributed by atoms with van der Waals surface area (Å²) in [7, 11) is 0. The Hall–Kier alpha value is -0.300. The fraction of sp³-hybridized carbons (Fsp3) is 0.500. The van der Waals surface area contributed by atoms with Crippen molar-refractivity contribution in [2.24, 2.45) is 5.92 Å². The molecule has 0 nitrogen and oxygen atoms in total. The molecule has 0 heterocycles. The van der Waals surface area contributed by atoms with Crippen LogP contribution in [0.4, 0.5) is 4.39 Å². The van der Waals surface area contributed by atoms with Gasteiger partial charge in [-0.05, 0) is 24.8 Å². The van der Waals surface area contributed by atoms with Gasteiger partial charge in [0.05, 0.1) is 5.03 Å². The van der Waals surface area contributed by atoms with Crippen molar-refractivity contribution in [3.05, 3.63) is 22.5 Å². The van der Waals surface area contributed by atoms with Gasteiger partial charge in [-0.25, -0.2) is 4.39 Å². The third kappa shape index (κ3) is 1.24. The Labute approximate surface area is 65.4 Å². The zero-order valence-electron chi connectivity index (χ0n) is 6.12. The average Bonchev–Trinajstić information content (AvgIpc) is 1.93. The second-order valence-electron chi connectivity index (χ2n) is 2.69. The van der Waals surface area contributed by atoms with Crippen LogP contribution < -0.4 is 0 Å². The van der Waals surface area contributed by atoms with Crippen molar-refractivity contribution in [3.63, 3.8) is 0 Å². The summed E-state index contributed by atoms with van der Waals surface area (Å²) < 4.78 is 12.9. The fourth-order valence-electron chi connectivity index (χ4n) is 0.951. The van der Waals surface area contributed by atoms with Gasteiger partial charge in [-0.2, -0.15) is 0 Å². The molecule has 0 saturated carbocycles. The fourth-order valence-corrected chi connectivity index (χ4v) is 1.19. The van der Waals surface area contributed by atoms with Gasteiger partial charge in [-0.15, -0.1) is 0 Å². The van der Waals surface area contributed by atoms with Gasteiger partial charge >= 0.3 is 0 Å². The summed E-state index contributed by atoms with van der Waals surface area (Å²) in [5.74, 6) is -0.0780. The topological polar surface area (TPSA) is 0 Å². The number of rotatable bonds is 0. The van der Waals surface area contributed by atoms with E-state index in [9.17, 15) is 4.39 Å². The molecule has 0 saturated heterocycles. The first-order chi connectivity index (χ1) is 4.63. The van der Waals surface area contributed by atoms with Gasteiger partial charge < -0.3 is 0 Å². The van der Waals surface area contributed by atoms with E-state index in [-0.39, 0.29) is 11.7 Å². The molecule has 0 radical (unpaired) electrons. The highest BCUT2D eigenvalue weighted by atomic mass is 35.5. The number of allylic oxidation sites excluding steroid dienone is 4. The summed E-state index contributed by atoms with van der Waals surface area (Å²) in [5, 5.41) is 0.375. The van der Waals surface area contributed by atoms with Crippen LogP contribution in [-0.2, 0) is 0 Å². The largest absolute Gasteiger partial charge is 0.205 e. The first-order valence-corrected chi connectivity index (χ1v) is 3.73. The lowest BCUT2D eigenvalue weighted by atomic mass is 9.98. The minimum absolute atomic E-state index is 0.158. The maximum atomic E-state index is 12.9. The molecule has 10 heavy (non-hydrogen) atoms. The van der Waals surface area contributed by atoms with Crippen molar-refractivity contribution in [1.82, 2.24) is 0 Å². The van der Waals surface area contributed by atoms with E-state index >= 15 is 0 Å². The first-order valence-electron chi connectivity index (χ1n) is 3.35. The molecule has 1 rings (SSSR count). The quantitative estimate of drug-likeness (QED) is 0.510. The summed E-state index contributed by atoms with van der Waals surface area (Å²) in [6.07, 6.45) is 2.74. The Bertz CT molecular complexity index is 203. The van der Waals surface area contributed by atoms with Gasteiger partial charge in [0, 0.05) is 0 Å². The average molecular weight is 161 g/mol. The lowest BCUT2D eigenvalue weighted by Gasteiger charge is -2.14. The third-order valence-electron chi connectivity index (χ3n) is 1.77. The van der Waals surface area contributed by atoms with Gasteiger partial charge in [-0.1, -0.05) is 24.6 Å². The Balaban J connectivity index is 2.94. The Morgan fingerprint density at radius 3 is 2.80 bits per heavy atom. The van der Waals surface area contributed by atoms with E-state index in [0.717, 1.165) is 6.42 Å². The van der Waals surface area contributed by atoms with E-state index < -0.39 is 0 Å². The van der Waals surface area contributed by atoms with Crippen molar-refractivity contribution in [3.8, 4) is 0 Å². The highest BCUT2D eigenvalue weighted by molar-refractivity contribution is 6.30. The summed E-state index contributed by atoms with van der Waals surface area (Å²) in [4.78, 5) is 0. The maximum absolute atomic E-state index is 12.9. The molecule has 0 N–H and O–H groups in total. The van der Waals surface area contributed by atoms with E-state index in [0.29, 0.717) is 10.6 Å². The van der Waals surface area contributed by atoms with Crippen molar-refractivity contribution in [2.45, 2.75) is 20.3 Å². The first kappa shape index (κ1) is 7.80. The molecule has 0 aromatic rings. The molecular weight excluding hydrogens is 151 g/mol. The number of hydrogen-bond donors (Lipinski definition) is 0. The molecule has 1 aliphatic carbocycles. The summed E-state index contributed by atoms with van der Waals surface area (Å²) in [6.45, 7) is 3.66. The molecule has 0 bridgehead atoms. The molecule has 0 spiro atoms. The molecule has 1 atom stereocenters. The zero-order valence-corrected chi connectivity index (χ0v) is 6.87.